The first-order valence-electron chi connectivity index (χ1n) is 7.11. The molecule has 1 atom stereocenters. The molecule has 2 rings (SSSR count). The summed E-state index contributed by atoms with van der Waals surface area (Å²) in [6, 6.07) is 8.63. The molecule has 1 N–H and O–H groups in total. The quantitative estimate of drug-likeness (QED) is 0.907. The van der Waals surface area contributed by atoms with Gasteiger partial charge in [0.1, 0.15) is 6.26 Å². The highest BCUT2D eigenvalue weighted by Gasteiger charge is 2.19. The van der Waals surface area contributed by atoms with Crippen LogP contribution in [0.2, 0.25) is 0 Å². The highest BCUT2D eigenvalue weighted by Crippen LogP contribution is 2.21. The second kappa shape index (κ2) is 5.80. The first-order valence-corrected chi connectivity index (χ1v) is 7.11. The predicted octanol–water partition coefficient (Wildman–Crippen LogP) is 4.17. The minimum atomic E-state index is 0.240. The summed E-state index contributed by atoms with van der Waals surface area (Å²) in [4.78, 5) is 4.54. The number of nitrogens with one attached hydrogen (secondary N) is 1. The second-order valence-electron chi connectivity index (χ2n) is 6.48. The molecule has 20 heavy (non-hydrogen) atoms. The van der Waals surface area contributed by atoms with Crippen molar-refractivity contribution >= 4 is 0 Å². The molecular weight excluding hydrogens is 248 g/mol. The number of aryl methyl sites for hydroxylation is 1. The summed E-state index contributed by atoms with van der Waals surface area (Å²) in [5.41, 5.74) is 3.44. The zero-order valence-electron chi connectivity index (χ0n) is 13.0. The summed E-state index contributed by atoms with van der Waals surface area (Å²) < 4.78 is 5.56. The molecule has 0 aliphatic rings. The SMILES string of the molecule is Cc1ccc(-c2nc(CNC(C)C(C)(C)C)co2)cc1. The van der Waals surface area contributed by atoms with Crippen LogP contribution >= 0.6 is 0 Å². The summed E-state index contributed by atoms with van der Waals surface area (Å²) in [6.07, 6.45) is 1.73. The van der Waals surface area contributed by atoms with Gasteiger partial charge in [-0.15, -0.1) is 0 Å². The molecule has 0 bridgehead atoms. The third-order valence-corrected chi connectivity index (χ3v) is 3.74. The molecule has 1 aromatic heterocycles. The zero-order chi connectivity index (χ0) is 14.8. The van der Waals surface area contributed by atoms with E-state index in [0.717, 1.165) is 17.8 Å². The molecule has 1 aromatic carbocycles. The Balaban J connectivity index is 2.01. The lowest BCUT2D eigenvalue weighted by Gasteiger charge is -2.27. The topological polar surface area (TPSA) is 38.1 Å². The van der Waals surface area contributed by atoms with Crippen LogP contribution in [-0.2, 0) is 6.54 Å². The molecule has 0 saturated carbocycles. The van der Waals surface area contributed by atoms with Crippen LogP contribution in [-0.4, -0.2) is 11.0 Å². The first kappa shape index (κ1) is 14.8. The van der Waals surface area contributed by atoms with Gasteiger partial charge in [0.15, 0.2) is 0 Å². The Kier molecular flexibility index (Phi) is 4.29. The third kappa shape index (κ3) is 3.70. The Labute approximate surface area is 121 Å². The van der Waals surface area contributed by atoms with E-state index < -0.39 is 0 Å². The van der Waals surface area contributed by atoms with Crippen LogP contribution in [0.3, 0.4) is 0 Å². The van der Waals surface area contributed by atoms with E-state index in [2.05, 4.69) is 57.1 Å². The summed E-state index contributed by atoms with van der Waals surface area (Å²) in [7, 11) is 0. The lowest BCUT2D eigenvalue weighted by Crippen LogP contribution is -2.37. The number of hydrogen-bond donors (Lipinski definition) is 1. The van der Waals surface area contributed by atoms with Crippen molar-refractivity contribution in [2.75, 3.05) is 0 Å². The summed E-state index contributed by atoms with van der Waals surface area (Å²) >= 11 is 0. The first-order chi connectivity index (χ1) is 9.36. The standard InChI is InChI=1S/C17H24N2O/c1-12-6-8-14(9-7-12)16-19-15(11-20-16)10-18-13(2)17(3,4)5/h6-9,11,13,18H,10H2,1-5H3. The molecule has 2 aromatic rings. The monoisotopic (exact) mass is 272 g/mol. The minimum Gasteiger partial charge on any atom is -0.444 e. The van der Waals surface area contributed by atoms with Crippen LogP contribution in [0.25, 0.3) is 11.5 Å². The van der Waals surface area contributed by atoms with Crippen LogP contribution in [0.4, 0.5) is 0 Å². The summed E-state index contributed by atoms with van der Waals surface area (Å²) in [5, 5.41) is 3.49. The van der Waals surface area contributed by atoms with Gasteiger partial charge in [-0.1, -0.05) is 38.5 Å². The molecule has 0 amide bonds. The van der Waals surface area contributed by atoms with Crippen molar-refractivity contribution in [3.63, 3.8) is 0 Å². The smallest absolute Gasteiger partial charge is 0.226 e. The zero-order valence-corrected chi connectivity index (χ0v) is 13.0. The van der Waals surface area contributed by atoms with E-state index in [1.54, 1.807) is 6.26 Å². The molecule has 0 aliphatic carbocycles. The molecule has 3 heteroatoms. The van der Waals surface area contributed by atoms with Gasteiger partial charge < -0.3 is 9.73 Å². The summed E-state index contributed by atoms with van der Waals surface area (Å²) in [6.45, 7) is 11.7. The van der Waals surface area contributed by atoms with Crippen LogP contribution in [0, 0.1) is 12.3 Å². The van der Waals surface area contributed by atoms with E-state index in [4.69, 9.17) is 4.42 Å². The molecule has 1 heterocycles. The summed E-state index contributed by atoms with van der Waals surface area (Å²) in [5.74, 6) is 0.685. The Hall–Kier alpha value is -1.61. The maximum atomic E-state index is 5.56. The van der Waals surface area contributed by atoms with E-state index in [1.807, 2.05) is 12.1 Å². The van der Waals surface area contributed by atoms with E-state index in [1.165, 1.54) is 5.56 Å². The Morgan fingerprint density at radius 1 is 1.20 bits per heavy atom. The molecule has 0 spiro atoms. The number of rotatable bonds is 4. The molecular formula is C17H24N2O. The predicted molar refractivity (Wildman–Crippen MR) is 82.4 cm³/mol. The number of hydrogen-bond acceptors (Lipinski definition) is 3. The van der Waals surface area contributed by atoms with Crippen molar-refractivity contribution in [1.29, 1.82) is 0 Å². The molecule has 0 radical (unpaired) electrons. The maximum absolute atomic E-state index is 5.56. The highest BCUT2D eigenvalue weighted by atomic mass is 16.3. The van der Waals surface area contributed by atoms with E-state index in [9.17, 15) is 0 Å². The Morgan fingerprint density at radius 2 is 1.85 bits per heavy atom. The van der Waals surface area contributed by atoms with Gasteiger partial charge in [-0.05, 0) is 31.4 Å². The lowest BCUT2D eigenvalue weighted by molar-refractivity contribution is 0.284. The van der Waals surface area contributed by atoms with Gasteiger partial charge in [0.05, 0.1) is 5.69 Å². The normalized spacial score (nSPS) is 13.4. The maximum Gasteiger partial charge on any atom is 0.226 e. The van der Waals surface area contributed by atoms with Crippen LogP contribution in [0.5, 0.6) is 0 Å². The molecule has 3 nitrogen and oxygen atoms in total. The van der Waals surface area contributed by atoms with Crippen molar-refractivity contribution in [3.05, 3.63) is 41.8 Å². The fourth-order valence-corrected chi connectivity index (χ4v) is 1.78. The third-order valence-electron chi connectivity index (χ3n) is 3.74. The van der Waals surface area contributed by atoms with E-state index in [-0.39, 0.29) is 5.41 Å². The van der Waals surface area contributed by atoms with Crippen molar-refractivity contribution in [2.24, 2.45) is 5.41 Å². The van der Waals surface area contributed by atoms with E-state index in [0.29, 0.717) is 11.9 Å². The number of aromatic nitrogens is 1. The number of oxazole rings is 1. The van der Waals surface area contributed by atoms with Crippen molar-refractivity contribution < 1.29 is 4.42 Å². The molecule has 0 aliphatic heterocycles. The van der Waals surface area contributed by atoms with Gasteiger partial charge in [-0.25, -0.2) is 4.98 Å². The van der Waals surface area contributed by atoms with Crippen molar-refractivity contribution in [3.8, 4) is 11.5 Å². The van der Waals surface area contributed by atoms with Gasteiger partial charge in [0.2, 0.25) is 5.89 Å². The minimum absolute atomic E-state index is 0.240. The number of benzene rings is 1. The van der Waals surface area contributed by atoms with Crippen molar-refractivity contribution in [1.82, 2.24) is 10.3 Å². The van der Waals surface area contributed by atoms with Gasteiger partial charge in [-0.3, -0.25) is 0 Å². The van der Waals surface area contributed by atoms with Gasteiger partial charge >= 0.3 is 0 Å². The van der Waals surface area contributed by atoms with Crippen LogP contribution in [0.1, 0.15) is 39.0 Å². The van der Waals surface area contributed by atoms with E-state index >= 15 is 0 Å². The van der Waals surface area contributed by atoms with Gasteiger partial charge in [0, 0.05) is 18.2 Å². The average molecular weight is 272 g/mol. The lowest BCUT2D eigenvalue weighted by atomic mass is 9.88. The van der Waals surface area contributed by atoms with Gasteiger partial charge in [-0.2, -0.15) is 0 Å². The highest BCUT2D eigenvalue weighted by molar-refractivity contribution is 5.53. The van der Waals surface area contributed by atoms with Gasteiger partial charge in [0.25, 0.3) is 0 Å². The molecule has 1 unspecified atom stereocenters. The Bertz CT molecular complexity index is 549. The average Bonchev–Trinajstić information content (AvgIpc) is 2.84. The fourth-order valence-electron chi connectivity index (χ4n) is 1.78. The second-order valence-corrected chi connectivity index (χ2v) is 6.48. The van der Waals surface area contributed by atoms with Crippen LogP contribution < -0.4 is 5.32 Å². The van der Waals surface area contributed by atoms with Crippen LogP contribution in [0.15, 0.2) is 34.9 Å². The van der Waals surface area contributed by atoms with Crippen molar-refractivity contribution in [2.45, 2.75) is 47.2 Å². The largest absolute Gasteiger partial charge is 0.444 e. The molecule has 0 fully saturated rings. The molecule has 0 saturated heterocycles. The molecule has 108 valence electrons. The fraction of sp³-hybridized carbons (Fsp3) is 0.471. The number of nitrogens with zero attached hydrogens (tertiary/aromatic N) is 1. The Morgan fingerprint density at radius 3 is 2.45 bits per heavy atom.